The van der Waals surface area contributed by atoms with Gasteiger partial charge in [0.1, 0.15) is 0 Å². The molecule has 0 unspecified atom stereocenters. The first kappa shape index (κ1) is 10.4. The van der Waals surface area contributed by atoms with Crippen molar-refractivity contribution in [3.63, 3.8) is 0 Å². The third kappa shape index (κ3) is 2.65. The molecule has 82 valence electrons. The number of hydrogen-bond donors (Lipinski definition) is 0. The molecule has 0 fully saturated rings. The van der Waals surface area contributed by atoms with Gasteiger partial charge >= 0.3 is 10.5 Å². The molecule has 0 aliphatic heterocycles. The van der Waals surface area contributed by atoms with Crippen molar-refractivity contribution < 1.29 is 16.5 Å². The van der Waals surface area contributed by atoms with Crippen molar-refractivity contribution in [2.45, 2.75) is 25.7 Å². The van der Waals surface area contributed by atoms with E-state index in [0.29, 0.717) is 0 Å². The SMILES string of the molecule is O=S(=O)(F)Oc1cnc2c(c1)CCCC2. The quantitative estimate of drug-likeness (QED) is 0.725. The van der Waals surface area contributed by atoms with Gasteiger partial charge in [0, 0.05) is 5.69 Å². The van der Waals surface area contributed by atoms with E-state index in [9.17, 15) is 12.3 Å². The Kier molecular flexibility index (Phi) is 2.60. The number of pyridine rings is 1. The minimum atomic E-state index is -4.94. The molecular weight excluding hydrogens is 221 g/mol. The van der Waals surface area contributed by atoms with Crippen molar-refractivity contribution in [1.82, 2.24) is 4.98 Å². The summed E-state index contributed by atoms with van der Waals surface area (Å²) in [5.41, 5.74) is 1.90. The van der Waals surface area contributed by atoms with Gasteiger partial charge < -0.3 is 4.18 Å². The molecule has 1 aliphatic rings. The molecule has 1 heterocycles. The summed E-state index contributed by atoms with van der Waals surface area (Å²) in [7, 11) is -4.94. The van der Waals surface area contributed by atoms with E-state index in [-0.39, 0.29) is 5.75 Å². The van der Waals surface area contributed by atoms with Crippen molar-refractivity contribution in [2.24, 2.45) is 0 Å². The topological polar surface area (TPSA) is 56.3 Å². The second-order valence-electron chi connectivity index (χ2n) is 3.46. The fraction of sp³-hybridized carbons (Fsp3) is 0.444. The summed E-state index contributed by atoms with van der Waals surface area (Å²) in [5.74, 6) is -0.0573. The average Bonchev–Trinajstić information content (AvgIpc) is 2.15. The van der Waals surface area contributed by atoms with E-state index < -0.39 is 10.5 Å². The van der Waals surface area contributed by atoms with Crippen LogP contribution < -0.4 is 4.18 Å². The van der Waals surface area contributed by atoms with Crippen molar-refractivity contribution in [1.29, 1.82) is 0 Å². The lowest BCUT2D eigenvalue weighted by atomic mass is 9.96. The van der Waals surface area contributed by atoms with E-state index in [0.717, 1.165) is 36.9 Å². The molecule has 4 nitrogen and oxygen atoms in total. The molecular formula is C9H10FNO3S. The maximum Gasteiger partial charge on any atom is 0.488 e. The Labute approximate surface area is 87.5 Å². The predicted octanol–water partition coefficient (Wildman–Crippen LogP) is 1.55. The van der Waals surface area contributed by atoms with Crippen molar-refractivity contribution in [2.75, 3.05) is 0 Å². The zero-order valence-corrected chi connectivity index (χ0v) is 8.76. The molecule has 1 aliphatic carbocycles. The van der Waals surface area contributed by atoms with Crippen LogP contribution in [0.4, 0.5) is 3.89 Å². The molecule has 0 aromatic carbocycles. The van der Waals surface area contributed by atoms with Gasteiger partial charge in [-0.1, -0.05) is 3.89 Å². The standard InChI is InChI=1S/C9H10FNO3S/c10-15(12,13)14-8-5-7-3-1-2-4-9(7)11-6-8/h5-6H,1-4H2. The van der Waals surface area contributed by atoms with Crippen molar-refractivity contribution in [3.05, 3.63) is 23.5 Å². The van der Waals surface area contributed by atoms with Gasteiger partial charge in [-0.2, -0.15) is 8.42 Å². The van der Waals surface area contributed by atoms with Gasteiger partial charge in [0.05, 0.1) is 6.20 Å². The van der Waals surface area contributed by atoms with Gasteiger partial charge in [-0.15, -0.1) is 0 Å². The van der Waals surface area contributed by atoms with E-state index >= 15 is 0 Å². The van der Waals surface area contributed by atoms with Gasteiger partial charge in [0.2, 0.25) is 0 Å². The molecule has 0 saturated carbocycles. The van der Waals surface area contributed by atoms with E-state index in [4.69, 9.17) is 0 Å². The number of hydrogen-bond acceptors (Lipinski definition) is 4. The molecule has 6 heteroatoms. The fourth-order valence-electron chi connectivity index (χ4n) is 1.73. The normalized spacial score (nSPS) is 15.8. The lowest BCUT2D eigenvalue weighted by Gasteiger charge is -2.14. The zero-order chi connectivity index (χ0) is 10.9. The van der Waals surface area contributed by atoms with Crippen LogP contribution in [0.3, 0.4) is 0 Å². The Bertz CT molecular complexity index is 472. The Hall–Kier alpha value is -1.17. The molecule has 1 aromatic rings. The van der Waals surface area contributed by atoms with Gasteiger partial charge in [-0.05, 0) is 37.3 Å². The molecule has 1 aromatic heterocycles. The highest BCUT2D eigenvalue weighted by Gasteiger charge is 2.14. The molecule has 0 saturated heterocycles. The highest BCUT2D eigenvalue weighted by molar-refractivity contribution is 7.81. The summed E-state index contributed by atoms with van der Waals surface area (Å²) in [6.07, 6.45) is 5.09. The fourth-order valence-corrected chi connectivity index (χ4v) is 2.05. The number of nitrogens with zero attached hydrogens (tertiary/aromatic N) is 1. The summed E-state index contributed by atoms with van der Waals surface area (Å²) < 4.78 is 36.8. The van der Waals surface area contributed by atoms with Crippen molar-refractivity contribution >= 4 is 10.5 Å². The highest BCUT2D eigenvalue weighted by atomic mass is 32.3. The van der Waals surface area contributed by atoms with Crippen LogP contribution >= 0.6 is 0 Å². The summed E-state index contributed by atoms with van der Waals surface area (Å²) >= 11 is 0. The summed E-state index contributed by atoms with van der Waals surface area (Å²) in [6.45, 7) is 0. The number of rotatable bonds is 2. The molecule has 0 spiro atoms. The number of aromatic nitrogens is 1. The lowest BCUT2D eigenvalue weighted by molar-refractivity contribution is 0.438. The Morgan fingerprint density at radius 1 is 1.33 bits per heavy atom. The molecule has 0 radical (unpaired) electrons. The first-order valence-electron chi connectivity index (χ1n) is 4.66. The molecule has 0 N–H and O–H groups in total. The third-order valence-electron chi connectivity index (χ3n) is 2.34. The minimum absolute atomic E-state index is 0.0573. The van der Waals surface area contributed by atoms with Crippen LogP contribution in [0.1, 0.15) is 24.1 Å². The van der Waals surface area contributed by atoms with Gasteiger partial charge in [-0.3, -0.25) is 4.98 Å². The third-order valence-corrected chi connectivity index (χ3v) is 2.73. The van der Waals surface area contributed by atoms with Crippen LogP contribution in [-0.4, -0.2) is 13.4 Å². The van der Waals surface area contributed by atoms with Gasteiger partial charge in [0.15, 0.2) is 5.75 Å². The predicted molar refractivity (Wildman–Crippen MR) is 51.5 cm³/mol. The number of fused-ring (bicyclic) bond motifs is 1. The Morgan fingerprint density at radius 2 is 2.07 bits per heavy atom. The zero-order valence-electron chi connectivity index (χ0n) is 7.94. The summed E-state index contributed by atoms with van der Waals surface area (Å²) in [5, 5.41) is 0. The molecule has 0 amide bonds. The first-order chi connectivity index (χ1) is 7.04. The van der Waals surface area contributed by atoms with Crippen LogP contribution in [0.25, 0.3) is 0 Å². The smallest absolute Gasteiger partial charge is 0.357 e. The van der Waals surface area contributed by atoms with Crippen LogP contribution in [0.2, 0.25) is 0 Å². The van der Waals surface area contributed by atoms with Crippen LogP contribution in [0.5, 0.6) is 5.75 Å². The second-order valence-corrected chi connectivity index (χ2v) is 4.41. The van der Waals surface area contributed by atoms with Crippen LogP contribution in [0.15, 0.2) is 12.3 Å². The Morgan fingerprint density at radius 3 is 2.80 bits per heavy atom. The average molecular weight is 231 g/mol. The van der Waals surface area contributed by atoms with Gasteiger partial charge in [0.25, 0.3) is 0 Å². The number of halogens is 1. The lowest BCUT2D eigenvalue weighted by Crippen LogP contribution is -2.07. The number of aryl methyl sites for hydroxylation is 2. The Balaban J connectivity index is 2.28. The monoisotopic (exact) mass is 231 g/mol. The van der Waals surface area contributed by atoms with Crippen molar-refractivity contribution in [3.8, 4) is 5.75 Å². The van der Waals surface area contributed by atoms with E-state index in [1.165, 1.54) is 6.20 Å². The highest BCUT2D eigenvalue weighted by Crippen LogP contribution is 2.23. The molecule has 0 bridgehead atoms. The van der Waals surface area contributed by atoms with E-state index in [1.807, 2.05) is 0 Å². The molecule has 0 atom stereocenters. The van der Waals surface area contributed by atoms with Crippen LogP contribution in [-0.2, 0) is 23.3 Å². The maximum absolute atomic E-state index is 12.2. The summed E-state index contributed by atoms with van der Waals surface area (Å²) in [4.78, 5) is 4.05. The minimum Gasteiger partial charge on any atom is -0.357 e. The van der Waals surface area contributed by atoms with Gasteiger partial charge in [-0.25, -0.2) is 0 Å². The molecule has 2 rings (SSSR count). The molecule has 15 heavy (non-hydrogen) atoms. The first-order valence-corrected chi connectivity index (χ1v) is 5.97. The van der Waals surface area contributed by atoms with E-state index in [1.54, 1.807) is 6.07 Å². The largest absolute Gasteiger partial charge is 0.488 e. The van der Waals surface area contributed by atoms with Crippen LogP contribution in [0, 0.1) is 0 Å². The second kappa shape index (κ2) is 3.77. The van der Waals surface area contributed by atoms with E-state index in [2.05, 4.69) is 9.17 Å². The summed E-state index contributed by atoms with van der Waals surface area (Å²) in [6, 6.07) is 1.54. The maximum atomic E-state index is 12.2.